The fourth-order valence-electron chi connectivity index (χ4n) is 2.30. The molecule has 0 saturated carbocycles. The largest absolute Gasteiger partial charge is 0.416 e. The second-order valence-electron chi connectivity index (χ2n) is 4.55. The maximum Gasteiger partial charge on any atom is 0.416 e. The molecule has 2 heterocycles. The number of nitrogens with zero attached hydrogens (tertiary/aromatic N) is 3. The van der Waals surface area contributed by atoms with E-state index in [1.807, 2.05) is 0 Å². The third-order valence-corrected chi connectivity index (χ3v) is 3.37. The zero-order chi connectivity index (χ0) is 11.7. The Morgan fingerprint density at radius 1 is 1.47 bits per heavy atom. The van der Waals surface area contributed by atoms with Gasteiger partial charge in [0.1, 0.15) is 0 Å². The molecule has 5 nitrogen and oxygen atoms in total. The van der Waals surface area contributed by atoms with Crippen molar-refractivity contribution in [1.29, 1.82) is 0 Å². The summed E-state index contributed by atoms with van der Waals surface area (Å²) in [6.07, 6.45) is 10.6. The molecule has 17 heavy (non-hydrogen) atoms. The third kappa shape index (κ3) is 1.88. The van der Waals surface area contributed by atoms with Crippen molar-refractivity contribution in [1.82, 2.24) is 14.9 Å². The molecular formula is C12H13N3O2. The lowest BCUT2D eigenvalue weighted by molar-refractivity contribution is 0.156. The predicted octanol–water partition coefficient (Wildman–Crippen LogP) is 1.63. The first kappa shape index (κ1) is 10.3. The first-order valence-corrected chi connectivity index (χ1v) is 5.68. The maximum atomic E-state index is 11.9. The van der Waals surface area contributed by atoms with Crippen LogP contribution in [0.4, 0.5) is 4.79 Å². The van der Waals surface area contributed by atoms with E-state index in [-0.39, 0.29) is 17.4 Å². The maximum absolute atomic E-state index is 11.9. The summed E-state index contributed by atoms with van der Waals surface area (Å²) in [4.78, 5) is 21.4. The molecule has 1 aliphatic heterocycles. The molecule has 0 N–H and O–H groups in total. The molecule has 1 amide bonds. The monoisotopic (exact) mass is 231 g/mol. The van der Waals surface area contributed by atoms with Crippen molar-refractivity contribution in [2.75, 3.05) is 13.1 Å². The van der Waals surface area contributed by atoms with Crippen LogP contribution in [0.15, 0.2) is 30.7 Å². The summed E-state index contributed by atoms with van der Waals surface area (Å²) in [5.41, 5.74) is 0.224. The molecule has 1 spiro atoms. The van der Waals surface area contributed by atoms with E-state index >= 15 is 0 Å². The highest BCUT2D eigenvalue weighted by atomic mass is 16.6. The number of carbonyl (C=O) groups excluding carboxylic acids is 1. The topological polar surface area (TPSA) is 55.3 Å². The van der Waals surface area contributed by atoms with Gasteiger partial charge in [0.2, 0.25) is 5.88 Å². The highest BCUT2D eigenvalue weighted by molar-refractivity contribution is 5.70. The van der Waals surface area contributed by atoms with Gasteiger partial charge >= 0.3 is 6.09 Å². The van der Waals surface area contributed by atoms with Crippen molar-refractivity contribution in [2.24, 2.45) is 5.41 Å². The van der Waals surface area contributed by atoms with Crippen LogP contribution in [0.5, 0.6) is 5.88 Å². The summed E-state index contributed by atoms with van der Waals surface area (Å²) in [5, 5.41) is 0. The quantitative estimate of drug-likeness (QED) is 0.689. The van der Waals surface area contributed by atoms with E-state index in [2.05, 4.69) is 22.1 Å². The van der Waals surface area contributed by atoms with E-state index in [1.165, 1.54) is 12.4 Å². The molecule has 3 rings (SSSR count). The lowest BCUT2D eigenvalue weighted by atomic mass is 9.76. The number of allylic oxidation sites excluding steroid dienone is 1. The Kier molecular flexibility index (Phi) is 2.31. The van der Waals surface area contributed by atoms with Crippen LogP contribution in [0.1, 0.15) is 12.8 Å². The van der Waals surface area contributed by atoms with Crippen molar-refractivity contribution < 1.29 is 9.53 Å². The number of likely N-dealkylation sites (tertiary alicyclic amines) is 1. The van der Waals surface area contributed by atoms with Crippen molar-refractivity contribution in [3.63, 3.8) is 0 Å². The highest BCUT2D eigenvalue weighted by Gasteiger charge is 2.41. The molecule has 5 heteroatoms. The molecule has 0 radical (unpaired) electrons. The van der Waals surface area contributed by atoms with Crippen LogP contribution in [0.2, 0.25) is 0 Å². The Balaban J connectivity index is 1.62. The second-order valence-corrected chi connectivity index (χ2v) is 4.55. The first-order valence-electron chi connectivity index (χ1n) is 5.68. The van der Waals surface area contributed by atoms with E-state index in [4.69, 9.17) is 4.74 Å². The van der Waals surface area contributed by atoms with Gasteiger partial charge in [-0.2, -0.15) is 0 Å². The molecule has 1 unspecified atom stereocenters. The van der Waals surface area contributed by atoms with Gasteiger partial charge in [0.15, 0.2) is 0 Å². The molecule has 1 atom stereocenters. The number of hydrogen-bond acceptors (Lipinski definition) is 4. The normalized spacial score (nSPS) is 26.0. The zero-order valence-electron chi connectivity index (χ0n) is 9.37. The summed E-state index contributed by atoms with van der Waals surface area (Å²) >= 11 is 0. The summed E-state index contributed by atoms with van der Waals surface area (Å²) in [5.74, 6) is 0.252. The van der Waals surface area contributed by atoms with E-state index in [0.29, 0.717) is 0 Å². The molecular weight excluding hydrogens is 218 g/mol. The molecule has 0 aromatic carbocycles. The van der Waals surface area contributed by atoms with Crippen LogP contribution < -0.4 is 4.74 Å². The minimum Gasteiger partial charge on any atom is -0.389 e. The molecule has 1 fully saturated rings. The van der Waals surface area contributed by atoms with E-state index in [1.54, 1.807) is 11.1 Å². The lowest BCUT2D eigenvalue weighted by Crippen LogP contribution is -2.35. The highest BCUT2D eigenvalue weighted by Crippen LogP contribution is 2.41. The van der Waals surface area contributed by atoms with Gasteiger partial charge in [-0.1, -0.05) is 12.2 Å². The Morgan fingerprint density at radius 3 is 2.94 bits per heavy atom. The van der Waals surface area contributed by atoms with Crippen LogP contribution >= 0.6 is 0 Å². The van der Waals surface area contributed by atoms with Gasteiger partial charge < -0.3 is 9.64 Å². The number of aromatic nitrogens is 2. The third-order valence-electron chi connectivity index (χ3n) is 3.37. The molecule has 1 aromatic heterocycles. The Labute approximate surface area is 99.1 Å². The van der Waals surface area contributed by atoms with Crippen molar-refractivity contribution >= 4 is 6.09 Å². The second kappa shape index (κ2) is 3.84. The minimum absolute atomic E-state index is 0.224. The van der Waals surface area contributed by atoms with Crippen molar-refractivity contribution in [3.05, 3.63) is 30.7 Å². The Morgan fingerprint density at radius 2 is 2.35 bits per heavy atom. The molecule has 2 aliphatic rings. The minimum atomic E-state index is -0.331. The van der Waals surface area contributed by atoms with Gasteiger partial charge in [0, 0.05) is 30.9 Å². The van der Waals surface area contributed by atoms with Crippen LogP contribution in [-0.4, -0.2) is 34.1 Å². The fraction of sp³-hybridized carbons (Fsp3) is 0.417. The average molecular weight is 231 g/mol. The van der Waals surface area contributed by atoms with Crippen LogP contribution in [0.25, 0.3) is 0 Å². The average Bonchev–Trinajstić information content (AvgIpc) is 2.75. The van der Waals surface area contributed by atoms with Gasteiger partial charge in [0.25, 0.3) is 0 Å². The van der Waals surface area contributed by atoms with Crippen molar-refractivity contribution in [3.8, 4) is 5.88 Å². The Bertz CT molecular complexity index is 460. The summed E-state index contributed by atoms with van der Waals surface area (Å²) in [7, 11) is 0. The first-order chi connectivity index (χ1) is 8.27. The summed E-state index contributed by atoms with van der Waals surface area (Å²) < 4.78 is 5.15. The molecule has 88 valence electrons. The van der Waals surface area contributed by atoms with Crippen molar-refractivity contribution in [2.45, 2.75) is 12.8 Å². The number of carbonyl (C=O) groups is 1. The predicted molar refractivity (Wildman–Crippen MR) is 60.4 cm³/mol. The van der Waals surface area contributed by atoms with E-state index < -0.39 is 0 Å². The molecule has 1 saturated heterocycles. The Hall–Kier alpha value is -1.91. The van der Waals surface area contributed by atoms with Gasteiger partial charge in [-0.15, -0.1) is 0 Å². The molecule has 1 aliphatic carbocycles. The summed E-state index contributed by atoms with van der Waals surface area (Å²) in [6.45, 7) is 1.51. The van der Waals surface area contributed by atoms with Gasteiger partial charge in [-0.3, -0.25) is 4.98 Å². The van der Waals surface area contributed by atoms with Gasteiger partial charge in [-0.05, 0) is 12.8 Å². The van der Waals surface area contributed by atoms with Crippen LogP contribution in [0, 0.1) is 5.41 Å². The van der Waals surface area contributed by atoms with Crippen LogP contribution in [-0.2, 0) is 0 Å². The molecule has 1 aromatic rings. The van der Waals surface area contributed by atoms with Gasteiger partial charge in [-0.25, -0.2) is 9.78 Å². The van der Waals surface area contributed by atoms with Crippen LogP contribution in [0.3, 0.4) is 0 Å². The fourth-order valence-corrected chi connectivity index (χ4v) is 2.30. The zero-order valence-corrected chi connectivity index (χ0v) is 9.37. The molecule has 0 bridgehead atoms. The lowest BCUT2D eigenvalue weighted by Gasteiger charge is -2.30. The SMILES string of the molecule is O=C(Oc1cnccn1)N1CCC2(C=CC2)C1. The number of rotatable bonds is 1. The summed E-state index contributed by atoms with van der Waals surface area (Å²) in [6, 6.07) is 0. The number of hydrogen-bond donors (Lipinski definition) is 0. The van der Waals surface area contributed by atoms with E-state index in [9.17, 15) is 4.79 Å². The van der Waals surface area contributed by atoms with Gasteiger partial charge in [0.05, 0.1) is 6.20 Å². The number of amides is 1. The number of ether oxygens (including phenoxy) is 1. The smallest absolute Gasteiger partial charge is 0.389 e. The standard InChI is InChI=1S/C12H13N3O2/c16-11(17-10-8-13-5-6-14-10)15-7-4-12(9-15)2-1-3-12/h1-2,5-6,8H,3-4,7,9H2. The van der Waals surface area contributed by atoms with E-state index in [0.717, 1.165) is 25.9 Å².